The molecule has 1 amide bonds. The van der Waals surface area contributed by atoms with Gasteiger partial charge in [0.15, 0.2) is 0 Å². The predicted octanol–water partition coefficient (Wildman–Crippen LogP) is 2.57. The monoisotopic (exact) mass is 309 g/mol. The fourth-order valence-corrected chi connectivity index (χ4v) is 3.23. The van der Waals surface area contributed by atoms with Crippen LogP contribution in [0.15, 0.2) is 18.2 Å². The summed E-state index contributed by atoms with van der Waals surface area (Å²) in [5, 5.41) is 11.8. The molecule has 22 heavy (non-hydrogen) atoms. The van der Waals surface area contributed by atoms with Gasteiger partial charge in [-0.1, -0.05) is 0 Å². The lowest BCUT2D eigenvalue weighted by atomic mass is 10.0. The lowest BCUT2D eigenvalue weighted by Crippen LogP contribution is -2.39. The summed E-state index contributed by atoms with van der Waals surface area (Å²) in [6.07, 6.45) is 2.44. The fourth-order valence-electron chi connectivity index (χ4n) is 3.23. The van der Waals surface area contributed by atoms with Crippen molar-refractivity contribution in [2.45, 2.75) is 37.6 Å². The minimum atomic E-state index is -0.882. The summed E-state index contributed by atoms with van der Waals surface area (Å²) in [5.41, 5.74) is -0.654. The van der Waals surface area contributed by atoms with Gasteiger partial charge in [-0.2, -0.15) is 0 Å². The first-order valence-electron chi connectivity index (χ1n) is 7.42. The van der Waals surface area contributed by atoms with Gasteiger partial charge in [0.25, 0.3) is 0 Å². The summed E-state index contributed by atoms with van der Waals surface area (Å²) in [7, 11) is 0. The van der Waals surface area contributed by atoms with E-state index >= 15 is 0 Å². The first-order chi connectivity index (χ1) is 10.4. The Labute approximate surface area is 126 Å². The number of amides is 1. The third kappa shape index (κ3) is 2.69. The summed E-state index contributed by atoms with van der Waals surface area (Å²) in [4.78, 5) is 23.3. The molecule has 0 saturated heterocycles. The number of carboxylic acids is 1. The van der Waals surface area contributed by atoms with Crippen molar-refractivity contribution in [3.63, 3.8) is 0 Å². The second-order valence-electron chi connectivity index (χ2n) is 6.24. The van der Waals surface area contributed by atoms with E-state index in [-0.39, 0.29) is 17.4 Å². The molecule has 3 rings (SSSR count). The van der Waals surface area contributed by atoms with Crippen molar-refractivity contribution in [1.29, 1.82) is 0 Å². The molecule has 1 aromatic rings. The highest BCUT2D eigenvalue weighted by Gasteiger charge is 2.49. The maximum Gasteiger partial charge on any atom is 0.306 e. The number of aliphatic carboxylic acids is 1. The van der Waals surface area contributed by atoms with Crippen LogP contribution in [0.4, 0.5) is 8.78 Å². The topological polar surface area (TPSA) is 66.4 Å². The fraction of sp³-hybridized carbons (Fsp3) is 0.500. The van der Waals surface area contributed by atoms with Gasteiger partial charge in [-0.05, 0) is 50.3 Å². The molecule has 0 bridgehead atoms. The van der Waals surface area contributed by atoms with Gasteiger partial charge in [-0.15, -0.1) is 0 Å². The molecular formula is C16H17F2NO3. The maximum absolute atomic E-state index is 13.9. The predicted molar refractivity (Wildman–Crippen MR) is 73.9 cm³/mol. The van der Waals surface area contributed by atoms with E-state index in [1.807, 2.05) is 0 Å². The smallest absolute Gasteiger partial charge is 0.306 e. The summed E-state index contributed by atoms with van der Waals surface area (Å²) >= 11 is 0. The van der Waals surface area contributed by atoms with Crippen molar-refractivity contribution in [2.24, 2.45) is 11.8 Å². The molecule has 2 atom stereocenters. The zero-order valence-corrected chi connectivity index (χ0v) is 11.9. The molecule has 2 saturated carbocycles. The second kappa shape index (κ2) is 5.34. The Kier molecular flexibility index (Phi) is 3.62. The Morgan fingerprint density at radius 2 is 1.86 bits per heavy atom. The standard InChI is InChI=1S/C16H17F2NO3/c17-11-3-4-13(18)12(8-11)16(5-6-16)19-14(20)9-1-2-10(7-9)15(21)22/h3-4,8-10H,1-2,5-7H2,(H,19,20)(H,21,22). The molecule has 0 aromatic heterocycles. The Morgan fingerprint density at radius 1 is 1.18 bits per heavy atom. The number of hydrogen-bond acceptors (Lipinski definition) is 2. The highest BCUT2D eigenvalue weighted by molar-refractivity contribution is 5.82. The number of hydrogen-bond donors (Lipinski definition) is 2. The Morgan fingerprint density at radius 3 is 2.45 bits per heavy atom. The van der Waals surface area contributed by atoms with E-state index in [2.05, 4.69) is 5.32 Å². The molecule has 118 valence electrons. The largest absolute Gasteiger partial charge is 0.481 e. The van der Waals surface area contributed by atoms with E-state index < -0.39 is 29.1 Å². The summed E-state index contributed by atoms with van der Waals surface area (Å²) in [6.45, 7) is 0. The molecule has 2 N–H and O–H groups in total. The highest BCUT2D eigenvalue weighted by Crippen LogP contribution is 2.47. The third-order valence-corrected chi connectivity index (χ3v) is 4.71. The molecule has 1 aromatic carbocycles. The van der Waals surface area contributed by atoms with Gasteiger partial charge in [-0.3, -0.25) is 9.59 Å². The molecule has 0 spiro atoms. The number of carbonyl (C=O) groups is 2. The molecule has 0 radical (unpaired) electrons. The van der Waals surface area contributed by atoms with Crippen LogP contribution in [0, 0.1) is 23.5 Å². The van der Waals surface area contributed by atoms with Crippen LogP contribution >= 0.6 is 0 Å². The number of rotatable bonds is 4. The molecule has 0 heterocycles. The maximum atomic E-state index is 13.9. The zero-order chi connectivity index (χ0) is 15.9. The molecule has 2 aliphatic rings. The number of benzene rings is 1. The van der Waals surface area contributed by atoms with Gasteiger partial charge in [0.05, 0.1) is 11.5 Å². The zero-order valence-electron chi connectivity index (χ0n) is 11.9. The van der Waals surface area contributed by atoms with Crippen molar-refractivity contribution >= 4 is 11.9 Å². The van der Waals surface area contributed by atoms with Crippen LogP contribution < -0.4 is 5.32 Å². The van der Waals surface area contributed by atoms with Crippen LogP contribution in [0.25, 0.3) is 0 Å². The number of nitrogens with one attached hydrogen (secondary N) is 1. The Hall–Kier alpha value is -1.98. The second-order valence-corrected chi connectivity index (χ2v) is 6.24. The van der Waals surface area contributed by atoms with Crippen molar-refractivity contribution < 1.29 is 23.5 Å². The molecular weight excluding hydrogens is 292 g/mol. The molecule has 2 fully saturated rings. The first kappa shape index (κ1) is 14.9. The summed E-state index contributed by atoms with van der Waals surface area (Å²) < 4.78 is 27.2. The minimum absolute atomic E-state index is 0.175. The SMILES string of the molecule is O=C(O)C1CCC(C(=O)NC2(c3cc(F)ccc3F)CC2)C1. The summed E-state index contributed by atoms with van der Waals surface area (Å²) in [6, 6.07) is 3.23. The van der Waals surface area contributed by atoms with E-state index in [0.717, 1.165) is 18.2 Å². The van der Waals surface area contributed by atoms with Crippen molar-refractivity contribution in [2.75, 3.05) is 0 Å². The van der Waals surface area contributed by atoms with Crippen LogP contribution in [0.1, 0.15) is 37.7 Å². The lowest BCUT2D eigenvalue weighted by molar-refractivity contribution is -0.141. The molecule has 4 nitrogen and oxygen atoms in total. The number of carbonyl (C=O) groups excluding carboxylic acids is 1. The average Bonchev–Trinajstić information content (AvgIpc) is 3.06. The van der Waals surface area contributed by atoms with Crippen molar-refractivity contribution in [3.05, 3.63) is 35.4 Å². The number of carboxylic acid groups (broad SMARTS) is 1. The van der Waals surface area contributed by atoms with Crippen molar-refractivity contribution in [1.82, 2.24) is 5.32 Å². The van der Waals surface area contributed by atoms with E-state index in [0.29, 0.717) is 32.1 Å². The normalized spacial score (nSPS) is 25.7. The van der Waals surface area contributed by atoms with E-state index in [1.54, 1.807) is 0 Å². The Bertz CT molecular complexity index is 628. The summed E-state index contributed by atoms with van der Waals surface area (Å²) in [5.74, 6) is -3.07. The van der Waals surface area contributed by atoms with E-state index in [1.165, 1.54) is 0 Å². The van der Waals surface area contributed by atoms with Crippen molar-refractivity contribution in [3.8, 4) is 0 Å². The van der Waals surface area contributed by atoms with Gasteiger partial charge in [-0.25, -0.2) is 8.78 Å². The highest BCUT2D eigenvalue weighted by atomic mass is 19.1. The first-order valence-corrected chi connectivity index (χ1v) is 7.42. The Balaban J connectivity index is 1.71. The molecule has 2 unspecified atom stereocenters. The third-order valence-electron chi connectivity index (χ3n) is 4.71. The molecule has 2 aliphatic carbocycles. The van der Waals surface area contributed by atoms with Crippen LogP contribution in [0.2, 0.25) is 0 Å². The minimum Gasteiger partial charge on any atom is -0.481 e. The van der Waals surface area contributed by atoms with Gasteiger partial charge in [0.2, 0.25) is 5.91 Å². The molecule has 0 aliphatic heterocycles. The van der Waals surface area contributed by atoms with E-state index in [4.69, 9.17) is 5.11 Å². The van der Waals surface area contributed by atoms with Gasteiger partial charge >= 0.3 is 5.97 Å². The lowest BCUT2D eigenvalue weighted by Gasteiger charge is -2.21. The van der Waals surface area contributed by atoms with Crippen LogP contribution in [0.3, 0.4) is 0 Å². The number of halogens is 2. The molecule has 6 heteroatoms. The van der Waals surface area contributed by atoms with Gasteiger partial charge in [0, 0.05) is 11.5 Å². The average molecular weight is 309 g/mol. The van der Waals surface area contributed by atoms with Crippen LogP contribution in [-0.2, 0) is 15.1 Å². The van der Waals surface area contributed by atoms with Crippen LogP contribution in [0.5, 0.6) is 0 Å². The van der Waals surface area contributed by atoms with Gasteiger partial charge < -0.3 is 10.4 Å². The quantitative estimate of drug-likeness (QED) is 0.898. The van der Waals surface area contributed by atoms with Gasteiger partial charge in [0.1, 0.15) is 11.6 Å². The van der Waals surface area contributed by atoms with E-state index in [9.17, 15) is 18.4 Å². The van der Waals surface area contributed by atoms with Crippen LogP contribution in [-0.4, -0.2) is 17.0 Å².